The molecule has 2 N–H and O–H groups in total. The van der Waals surface area contributed by atoms with Crippen molar-refractivity contribution < 1.29 is 20.8 Å². The molecule has 0 spiro atoms. The Bertz CT molecular complexity index is 1170. The van der Waals surface area contributed by atoms with E-state index in [4.69, 9.17) is 9.47 Å². The van der Waals surface area contributed by atoms with Crippen molar-refractivity contribution in [2.45, 2.75) is 38.7 Å². The largest absolute Gasteiger partial charge is 0.454 e. The van der Waals surface area contributed by atoms with E-state index in [-0.39, 0.29) is 20.7 Å². The van der Waals surface area contributed by atoms with Gasteiger partial charge in [-0.2, -0.15) is 0 Å². The van der Waals surface area contributed by atoms with Crippen LogP contribution in [0.25, 0.3) is 11.1 Å². The van der Waals surface area contributed by atoms with E-state index >= 15 is 0 Å². The Hall–Kier alpha value is -3.38. The van der Waals surface area contributed by atoms with Crippen molar-refractivity contribution >= 4 is 11.7 Å². The molecule has 2 heterocycles. The van der Waals surface area contributed by atoms with Crippen LogP contribution in [0.3, 0.4) is 0 Å². The summed E-state index contributed by atoms with van der Waals surface area (Å²) in [7, 11) is 0. The summed E-state index contributed by atoms with van der Waals surface area (Å²) < 4.78 is 10.9. The zero-order valence-electron chi connectivity index (χ0n) is 17.6. The van der Waals surface area contributed by atoms with Crippen molar-refractivity contribution in [3.05, 3.63) is 70.9 Å². The van der Waals surface area contributed by atoms with Gasteiger partial charge in [0.1, 0.15) is 5.82 Å². The topological polar surface area (TPSA) is 80.7 Å². The molecule has 1 aliphatic heterocycles. The average Bonchev–Trinajstić information content (AvgIpc) is 3.48. The summed E-state index contributed by atoms with van der Waals surface area (Å²) in [6.07, 6.45) is 3.39. The third-order valence-corrected chi connectivity index (χ3v) is 6.43. The summed E-state index contributed by atoms with van der Waals surface area (Å²) in [4.78, 5) is 17.8. The van der Waals surface area contributed by atoms with Gasteiger partial charge in [-0.25, -0.2) is 4.98 Å². The maximum Gasteiger partial charge on any atom is 0.236 e. The molecule has 1 amide bonds. The van der Waals surface area contributed by atoms with Crippen LogP contribution in [0.5, 0.6) is 11.5 Å². The maximum absolute atomic E-state index is 13.2. The molecule has 1 saturated carbocycles. The zero-order valence-corrected chi connectivity index (χ0v) is 17.6. The number of nitrogens with one attached hydrogen (secondary N) is 1. The van der Waals surface area contributed by atoms with Crippen LogP contribution in [0.1, 0.15) is 36.5 Å². The van der Waals surface area contributed by atoms with Crippen LogP contribution in [0.15, 0.2) is 48.7 Å². The quantitative estimate of drug-likeness (QED) is 0.638. The minimum atomic E-state index is -0.540. The highest BCUT2D eigenvalue weighted by molar-refractivity contribution is 6.01. The number of hydrogen-bond donors (Lipinski definition) is 2. The lowest BCUT2D eigenvalue weighted by atomic mass is 9.94. The monoisotopic (exact) mass is 418 g/mol. The first-order valence-electron chi connectivity index (χ1n) is 10.4. The molecule has 160 valence electrons. The number of aliphatic hydroxyl groups is 1. The predicted molar refractivity (Wildman–Crippen MR) is 119 cm³/mol. The van der Waals surface area contributed by atoms with E-state index in [2.05, 4.69) is 10.3 Å². The van der Waals surface area contributed by atoms with Crippen molar-refractivity contribution in [1.29, 1.82) is 0 Å². The van der Waals surface area contributed by atoms with E-state index in [1.54, 1.807) is 6.20 Å². The van der Waals surface area contributed by atoms with Crippen molar-refractivity contribution in [3.8, 4) is 22.6 Å². The van der Waals surface area contributed by atoms with Crippen LogP contribution in [-0.2, 0) is 16.8 Å². The molecule has 0 radical (unpaired) electrons. The van der Waals surface area contributed by atoms with Gasteiger partial charge in [-0.15, -0.1) is 0 Å². The molecule has 1 aromatic heterocycles. The van der Waals surface area contributed by atoms with Crippen LogP contribution in [0.2, 0.25) is 0 Å². The van der Waals surface area contributed by atoms with Crippen LogP contribution >= 0.6 is 0 Å². The van der Waals surface area contributed by atoms with E-state index in [0.717, 1.165) is 52.0 Å². The second-order valence-electron chi connectivity index (χ2n) is 8.23. The lowest BCUT2D eigenvalue weighted by molar-refractivity contribution is -0.118. The van der Waals surface area contributed by atoms with Crippen LogP contribution in [-0.4, -0.2) is 22.8 Å². The van der Waals surface area contributed by atoms with E-state index < -0.39 is 5.41 Å². The molecule has 0 saturated heterocycles. The smallest absolute Gasteiger partial charge is 0.236 e. The van der Waals surface area contributed by atoms with Gasteiger partial charge in [-0.3, -0.25) is 4.79 Å². The Balaban J connectivity index is 0.00000245. The van der Waals surface area contributed by atoms with Crippen molar-refractivity contribution in [2.75, 3.05) is 12.1 Å². The van der Waals surface area contributed by atoms with Crippen molar-refractivity contribution in [3.63, 3.8) is 0 Å². The fourth-order valence-corrected chi connectivity index (χ4v) is 4.10. The highest BCUT2D eigenvalue weighted by atomic mass is 16.7. The van der Waals surface area contributed by atoms with Gasteiger partial charge in [-0.1, -0.05) is 30.3 Å². The van der Waals surface area contributed by atoms with Gasteiger partial charge in [0.2, 0.25) is 12.7 Å². The second-order valence-corrected chi connectivity index (χ2v) is 8.23. The van der Waals surface area contributed by atoms with Gasteiger partial charge >= 0.3 is 0 Å². The van der Waals surface area contributed by atoms with Crippen molar-refractivity contribution in [2.24, 2.45) is 0 Å². The summed E-state index contributed by atoms with van der Waals surface area (Å²) in [5.74, 6) is 1.96. The Morgan fingerprint density at radius 2 is 1.84 bits per heavy atom. The number of fused-ring (bicyclic) bond motifs is 1. The van der Waals surface area contributed by atoms with Crippen LogP contribution in [0, 0.1) is 13.8 Å². The molecule has 6 heteroatoms. The number of carbonyl (C=O) groups excluding carboxylic acids is 1. The number of benzene rings is 2. The van der Waals surface area contributed by atoms with Gasteiger partial charge in [0, 0.05) is 13.2 Å². The number of aliphatic hydroxyl groups excluding tert-OH is 1. The van der Waals surface area contributed by atoms with Gasteiger partial charge in [0.25, 0.3) is 0 Å². The molecule has 3 aromatic rings. The van der Waals surface area contributed by atoms with E-state index in [1.165, 1.54) is 0 Å². The zero-order chi connectivity index (χ0) is 21.6. The summed E-state index contributed by atoms with van der Waals surface area (Å²) in [6.45, 7) is 4.25. The highest BCUT2D eigenvalue weighted by Crippen LogP contribution is 2.51. The first kappa shape index (κ1) is 19.6. The molecule has 5 rings (SSSR count). The Morgan fingerprint density at radius 1 is 1.10 bits per heavy atom. The number of hydrogen-bond acceptors (Lipinski definition) is 5. The molecule has 1 aliphatic carbocycles. The number of nitrogens with zero attached hydrogens (tertiary/aromatic N) is 1. The molecule has 6 nitrogen and oxygen atoms in total. The van der Waals surface area contributed by atoms with Crippen LogP contribution in [0.4, 0.5) is 5.82 Å². The molecule has 0 atom stereocenters. The lowest BCUT2D eigenvalue weighted by Crippen LogP contribution is -2.28. The van der Waals surface area contributed by atoms with E-state index in [1.807, 2.05) is 56.3 Å². The van der Waals surface area contributed by atoms with Gasteiger partial charge < -0.3 is 19.9 Å². The minimum absolute atomic E-state index is 0. The number of ether oxygens (including phenoxy) is 2. The Labute approximate surface area is 182 Å². The first-order valence-corrected chi connectivity index (χ1v) is 10.4. The summed E-state index contributed by atoms with van der Waals surface area (Å²) in [6, 6.07) is 13.5. The van der Waals surface area contributed by atoms with Gasteiger partial charge in [-0.05, 0) is 66.6 Å². The molecule has 0 bridgehead atoms. The SMILES string of the molecule is Cc1c(-c2ccc(CO)cc2)cnc(NC(=O)C2(c3ccc4c(c3)OCO4)CC2)c1C.[HH]. The number of amides is 1. The lowest BCUT2D eigenvalue weighted by Gasteiger charge is -2.18. The van der Waals surface area contributed by atoms with Crippen molar-refractivity contribution in [1.82, 2.24) is 4.98 Å². The Morgan fingerprint density at radius 3 is 2.55 bits per heavy atom. The predicted octanol–water partition coefficient (Wildman–Crippen LogP) is 4.50. The number of pyridine rings is 1. The molecule has 1 fully saturated rings. The second kappa shape index (κ2) is 7.39. The van der Waals surface area contributed by atoms with E-state index in [0.29, 0.717) is 11.6 Å². The first-order chi connectivity index (χ1) is 15.0. The molecule has 2 aliphatic rings. The molecule has 31 heavy (non-hydrogen) atoms. The number of carbonyl (C=O) groups is 1. The summed E-state index contributed by atoms with van der Waals surface area (Å²) in [5, 5.41) is 12.3. The fourth-order valence-electron chi connectivity index (χ4n) is 4.10. The van der Waals surface area contributed by atoms with Gasteiger partial charge in [0.05, 0.1) is 12.0 Å². The molecular formula is C25H26N2O4. The average molecular weight is 418 g/mol. The standard InChI is InChI=1S/C25H24N2O4.H2/c1-15-16(2)23(26-12-20(15)18-5-3-17(13-28)4-6-18)27-24(29)25(9-10-25)19-7-8-21-22(11-19)31-14-30-21;/h3-8,11-12,28H,9-10,13-14H2,1-2H3,(H,26,27,29);1H. The van der Waals surface area contributed by atoms with E-state index in [9.17, 15) is 9.90 Å². The fraction of sp³-hybridized carbons (Fsp3) is 0.280. The molecular weight excluding hydrogens is 392 g/mol. The highest BCUT2D eigenvalue weighted by Gasteiger charge is 2.52. The third-order valence-electron chi connectivity index (χ3n) is 6.43. The summed E-state index contributed by atoms with van der Waals surface area (Å²) in [5.41, 5.74) is 5.33. The number of rotatable bonds is 5. The minimum Gasteiger partial charge on any atom is -0.454 e. The van der Waals surface area contributed by atoms with Crippen LogP contribution < -0.4 is 14.8 Å². The Kier molecular flexibility index (Phi) is 4.67. The maximum atomic E-state index is 13.2. The number of anilines is 1. The van der Waals surface area contributed by atoms with Gasteiger partial charge in [0.15, 0.2) is 11.5 Å². The molecule has 2 aromatic carbocycles. The molecule has 0 unspecified atom stereocenters. The summed E-state index contributed by atoms with van der Waals surface area (Å²) >= 11 is 0. The third kappa shape index (κ3) is 3.33. The normalized spacial score (nSPS) is 15.6. The number of aromatic nitrogens is 1.